The third-order valence-electron chi connectivity index (χ3n) is 4.21. The van der Waals surface area contributed by atoms with Gasteiger partial charge in [0.25, 0.3) is 5.56 Å². The molecule has 0 saturated carbocycles. The van der Waals surface area contributed by atoms with Crippen LogP contribution in [0.2, 0.25) is 0 Å². The Hall–Kier alpha value is -2.18. The summed E-state index contributed by atoms with van der Waals surface area (Å²) >= 11 is 1.58. The van der Waals surface area contributed by atoms with E-state index in [1.807, 2.05) is 31.3 Å². The molecule has 0 amide bonds. The zero-order valence-electron chi connectivity index (χ0n) is 13.0. The normalized spacial score (nSPS) is 15.3. The molecule has 0 spiro atoms. The first-order valence-electron chi connectivity index (χ1n) is 7.76. The van der Waals surface area contributed by atoms with E-state index in [1.165, 1.54) is 0 Å². The first-order valence-corrected chi connectivity index (χ1v) is 8.57. The Balaban J connectivity index is 1.85. The fraction of sp³-hybridized carbons (Fsp3) is 0.294. The van der Waals surface area contributed by atoms with E-state index in [9.17, 15) is 4.79 Å². The molecule has 0 bridgehead atoms. The van der Waals surface area contributed by atoms with E-state index in [0.717, 1.165) is 47.4 Å². The molecule has 118 valence electrons. The number of anilines is 1. The second-order valence-corrected chi connectivity index (χ2v) is 6.74. The quantitative estimate of drug-likeness (QED) is 0.783. The predicted molar refractivity (Wildman–Crippen MR) is 95.4 cm³/mol. The summed E-state index contributed by atoms with van der Waals surface area (Å²) in [4.78, 5) is 21.6. The van der Waals surface area contributed by atoms with Crippen LogP contribution >= 0.6 is 11.3 Å². The van der Waals surface area contributed by atoms with Gasteiger partial charge in [0.2, 0.25) is 5.95 Å². The van der Waals surface area contributed by atoms with E-state index in [-0.39, 0.29) is 5.56 Å². The fourth-order valence-electron chi connectivity index (χ4n) is 2.95. The second-order valence-electron chi connectivity index (χ2n) is 5.71. The van der Waals surface area contributed by atoms with Gasteiger partial charge >= 0.3 is 0 Å². The smallest absolute Gasteiger partial charge is 0.263 e. The highest BCUT2D eigenvalue weighted by Crippen LogP contribution is 2.31. The lowest BCUT2D eigenvalue weighted by atomic mass is 10.2. The van der Waals surface area contributed by atoms with Crippen LogP contribution in [0.25, 0.3) is 20.7 Å². The third-order valence-corrected chi connectivity index (χ3v) is 5.29. The van der Waals surface area contributed by atoms with E-state index in [4.69, 9.17) is 4.98 Å². The van der Waals surface area contributed by atoms with Gasteiger partial charge in [0.15, 0.2) is 0 Å². The number of aromatic nitrogens is 2. The topological polar surface area (TPSA) is 50.2 Å². The molecule has 4 rings (SSSR count). The summed E-state index contributed by atoms with van der Waals surface area (Å²) in [6.07, 6.45) is 0. The van der Waals surface area contributed by atoms with Crippen LogP contribution in [0.3, 0.4) is 0 Å². The van der Waals surface area contributed by atoms with Crippen molar-refractivity contribution < 1.29 is 0 Å². The summed E-state index contributed by atoms with van der Waals surface area (Å²) in [5.74, 6) is 0.769. The minimum atomic E-state index is 0.0296. The molecular formula is C17H18N4OS. The zero-order valence-corrected chi connectivity index (χ0v) is 13.8. The molecule has 1 N–H and O–H groups in total. The van der Waals surface area contributed by atoms with Gasteiger partial charge in [0.05, 0.1) is 5.39 Å². The van der Waals surface area contributed by atoms with Crippen LogP contribution in [0.15, 0.2) is 41.2 Å². The monoisotopic (exact) mass is 326 g/mol. The Bertz CT molecular complexity index is 894. The average Bonchev–Trinajstić information content (AvgIpc) is 3.04. The molecule has 23 heavy (non-hydrogen) atoms. The fourth-order valence-corrected chi connectivity index (χ4v) is 3.97. The van der Waals surface area contributed by atoms with Crippen LogP contribution in [0.4, 0.5) is 5.95 Å². The highest BCUT2D eigenvalue weighted by atomic mass is 32.1. The molecular weight excluding hydrogens is 308 g/mol. The molecule has 1 fully saturated rings. The largest absolute Gasteiger partial charge is 0.340 e. The van der Waals surface area contributed by atoms with Crippen molar-refractivity contribution in [2.45, 2.75) is 0 Å². The van der Waals surface area contributed by atoms with Gasteiger partial charge in [-0.25, -0.2) is 4.98 Å². The number of thiophene rings is 1. The number of fused-ring (bicyclic) bond motifs is 1. The van der Waals surface area contributed by atoms with Crippen molar-refractivity contribution in [3.05, 3.63) is 46.8 Å². The summed E-state index contributed by atoms with van der Waals surface area (Å²) in [5, 5.41) is 4.03. The van der Waals surface area contributed by atoms with Gasteiger partial charge in [-0.1, -0.05) is 30.3 Å². The number of hydrogen-bond donors (Lipinski definition) is 1. The summed E-state index contributed by atoms with van der Waals surface area (Å²) in [6, 6.07) is 12.1. The van der Waals surface area contributed by atoms with Crippen molar-refractivity contribution >= 4 is 27.5 Å². The molecule has 2 aromatic heterocycles. The van der Waals surface area contributed by atoms with Gasteiger partial charge in [-0.15, -0.1) is 11.3 Å². The van der Waals surface area contributed by atoms with Crippen LogP contribution in [-0.4, -0.2) is 35.7 Å². The number of piperazine rings is 1. The average molecular weight is 326 g/mol. The number of benzene rings is 1. The van der Waals surface area contributed by atoms with Gasteiger partial charge < -0.3 is 10.2 Å². The molecule has 1 saturated heterocycles. The molecule has 0 unspecified atom stereocenters. The van der Waals surface area contributed by atoms with Crippen LogP contribution in [0.5, 0.6) is 0 Å². The van der Waals surface area contributed by atoms with Crippen LogP contribution in [-0.2, 0) is 7.05 Å². The van der Waals surface area contributed by atoms with Gasteiger partial charge in [-0.05, 0) is 11.6 Å². The highest BCUT2D eigenvalue weighted by molar-refractivity contribution is 7.21. The first kappa shape index (κ1) is 14.4. The van der Waals surface area contributed by atoms with E-state index >= 15 is 0 Å². The molecule has 3 aromatic rings. The Morgan fingerprint density at radius 1 is 1.17 bits per heavy atom. The lowest BCUT2D eigenvalue weighted by molar-refractivity contribution is 0.570. The molecule has 1 aliphatic rings. The molecule has 3 heterocycles. The van der Waals surface area contributed by atoms with Gasteiger partial charge in [-0.3, -0.25) is 9.36 Å². The van der Waals surface area contributed by atoms with Crippen LogP contribution in [0.1, 0.15) is 0 Å². The molecule has 1 aromatic carbocycles. The SMILES string of the molecule is Cn1c(N2CCNCC2)nc2sc(-c3ccccc3)cc2c1=O. The summed E-state index contributed by atoms with van der Waals surface area (Å²) < 4.78 is 1.68. The minimum absolute atomic E-state index is 0.0296. The number of rotatable bonds is 2. The summed E-state index contributed by atoms with van der Waals surface area (Å²) in [5.41, 5.74) is 1.16. The molecule has 0 radical (unpaired) electrons. The van der Waals surface area contributed by atoms with Crippen LogP contribution in [0, 0.1) is 0 Å². The molecule has 6 heteroatoms. The van der Waals surface area contributed by atoms with Crippen molar-refractivity contribution in [3.63, 3.8) is 0 Å². The second kappa shape index (κ2) is 5.79. The minimum Gasteiger partial charge on any atom is -0.340 e. The Kier molecular flexibility index (Phi) is 3.63. The van der Waals surface area contributed by atoms with Crippen LogP contribution < -0.4 is 15.8 Å². The highest BCUT2D eigenvalue weighted by Gasteiger charge is 2.18. The lowest BCUT2D eigenvalue weighted by Crippen LogP contribution is -2.45. The van der Waals surface area contributed by atoms with Crippen molar-refractivity contribution in [1.82, 2.24) is 14.9 Å². The number of hydrogen-bond acceptors (Lipinski definition) is 5. The maximum Gasteiger partial charge on any atom is 0.263 e. The molecule has 1 aliphatic heterocycles. The molecule has 5 nitrogen and oxygen atoms in total. The maximum atomic E-state index is 12.7. The van der Waals surface area contributed by atoms with E-state index in [0.29, 0.717) is 5.39 Å². The van der Waals surface area contributed by atoms with Crippen molar-refractivity contribution in [2.24, 2.45) is 7.05 Å². The number of nitrogens with zero attached hydrogens (tertiary/aromatic N) is 3. The predicted octanol–water partition coefficient (Wildman–Crippen LogP) is 2.07. The summed E-state index contributed by atoms with van der Waals surface area (Å²) in [6.45, 7) is 3.60. The maximum absolute atomic E-state index is 12.7. The Morgan fingerprint density at radius 3 is 2.65 bits per heavy atom. The molecule has 0 aliphatic carbocycles. The van der Waals surface area contributed by atoms with Crippen molar-refractivity contribution in [3.8, 4) is 10.4 Å². The van der Waals surface area contributed by atoms with E-state index in [2.05, 4.69) is 22.3 Å². The van der Waals surface area contributed by atoms with Gasteiger partial charge in [0, 0.05) is 38.1 Å². The van der Waals surface area contributed by atoms with E-state index in [1.54, 1.807) is 15.9 Å². The standard InChI is InChI=1S/C17H18N4OS/c1-20-16(22)13-11-14(12-5-3-2-4-6-12)23-15(13)19-17(20)21-9-7-18-8-10-21/h2-6,11,18H,7-10H2,1H3. The summed E-state index contributed by atoms with van der Waals surface area (Å²) in [7, 11) is 1.81. The number of nitrogens with one attached hydrogen (secondary N) is 1. The molecule has 0 atom stereocenters. The van der Waals surface area contributed by atoms with Gasteiger partial charge in [0.1, 0.15) is 4.83 Å². The third kappa shape index (κ3) is 2.54. The zero-order chi connectivity index (χ0) is 15.8. The van der Waals surface area contributed by atoms with Crippen molar-refractivity contribution in [1.29, 1.82) is 0 Å². The van der Waals surface area contributed by atoms with E-state index < -0.39 is 0 Å². The van der Waals surface area contributed by atoms with Gasteiger partial charge in [-0.2, -0.15) is 0 Å². The lowest BCUT2D eigenvalue weighted by Gasteiger charge is -2.29. The Labute approximate surface area is 138 Å². The Morgan fingerprint density at radius 2 is 1.91 bits per heavy atom. The first-order chi connectivity index (χ1) is 11.2. The van der Waals surface area contributed by atoms with Crippen molar-refractivity contribution in [2.75, 3.05) is 31.1 Å².